The van der Waals surface area contributed by atoms with Gasteiger partial charge in [0.15, 0.2) is 0 Å². The standard InChI is InChI=1S/C20H28N2O2/c1-3-15-6-8-16(9-7-15)14(2)21-19(23)18-5-4-12-22(13-18)20(24)17-10-11-17/h6-9,14,17-18H,3-5,10-13H2,1-2H3,(H,21,23)/t14-,18+/m0/s1. The van der Waals surface area contributed by atoms with Crippen LogP contribution < -0.4 is 5.32 Å². The number of aryl methyl sites for hydroxylation is 1. The topological polar surface area (TPSA) is 49.4 Å². The van der Waals surface area contributed by atoms with E-state index >= 15 is 0 Å². The number of nitrogens with one attached hydrogen (secondary N) is 1. The smallest absolute Gasteiger partial charge is 0.225 e. The van der Waals surface area contributed by atoms with Crippen molar-refractivity contribution in [2.45, 2.75) is 52.0 Å². The van der Waals surface area contributed by atoms with Crippen LogP contribution in [0.15, 0.2) is 24.3 Å². The van der Waals surface area contributed by atoms with Crippen LogP contribution >= 0.6 is 0 Å². The zero-order valence-corrected chi connectivity index (χ0v) is 14.8. The maximum atomic E-state index is 12.6. The highest BCUT2D eigenvalue weighted by atomic mass is 16.2. The first-order chi connectivity index (χ1) is 11.6. The number of nitrogens with zero attached hydrogens (tertiary/aromatic N) is 1. The highest BCUT2D eigenvalue weighted by molar-refractivity contribution is 5.83. The minimum atomic E-state index is -0.0705. The molecule has 0 aromatic heterocycles. The van der Waals surface area contributed by atoms with Crippen molar-refractivity contribution in [1.29, 1.82) is 0 Å². The molecule has 3 rings (SSSR count). The molecule has 0 spiro atoms. The molecule has 0 unspecified atom stereocenters. The first kappa shape index (κ1) is 17.0. The number of hydrogen-bond acceptors (Lipinski definition) is 2. The molecule has 1 saturated heterocycles. The van der Waals surface area contributed by atoms with E-state index in [1.165, 1.54) is 5.56 Å². The Morgan fingerprint density at radius 2 is 1.88 bits per heavy atom. The Balaban J connectivity index is 1.55. The van der Waals surface area contributed by atoms with Crippen molar-refractivity contribution in [2.24, 2.45) is 11.8 Å². The van der Waals surface area contributed by atoms with Gasteiger partial charge in [-0.1, -0.05) is 31.2 Å². The van der Waals surface area contributed by atoms with Gasteiger partial charge in [0.05, 0.1) is 12.0 Å². The predicted molar refractivity (Wildman–Crippen MR) is 94.4 cm³/mol. The largest absolute Gasteiger partial charge is 0.349 e. The van der Waals surface area contributed by atoms with E-state index in [1.807, 2.05) is 11.8 Å². The molecule has 4 nitrogen and oxygen atoms in total. The van der Waals surface area contributed by atoms with E-state index in [1.54, 1.807) is 0 Å². The van der Waals surface area contributed by atoms with E-state index in [0.29, 0.717) is 6.54 Å². The quantitative estimate of drug-likeness (QED) is 0.903. The van der Waals surface area contributed by atoms with Gasteiger partial charge in [0.2, 0.25) is 11.8 Å². The molecule has 0 radical (unpaired) electrons. The van der Waals surface area contributed by atoms with Gasteiger partial charge in [0.1, 0.15) is 0 Å². The molecule has 130 valence electrons. The number of carbonyl (C=O) groups is 2. The second-order valence-electron chi connectivity index (χ2n) is 7.22. The summed E-state index contributed by atoms with van der Waals surface area (Å²) in [4.78, 5) is 26.7. The Labute approximate surface area is 144 Å². The van der Waals surface area contributed by atoms with Crippen LogP contribution in [0.5, 0.6) is 0 Å². The van der Waals surface area contributed by atoms with Crippen molar-refractivity contribution in [1.82, 2.24) is 10.2 Å². The summed E-state index contributed by atoms with van der Waals surface area (Å²) >= 11 is 0. The lowest BCUT2D eigenvalue weighted by atomic mass is 9.96. The highest BCUT2D eigenvalue weighted by Gasteiger charge is 2.36. The molecule has 1 aliphatic carbocycles. The Hall–Kier alpha value is -1.84. The molecular weight excluding hydrogens is 300 g/mol. The number of rotatable bonds is 5. The summed E-state index contributed by atoms with van der Waals surface area (Å²) in [6, 6.07) is 8.42. The Morgan fingerprint density at radius 1 is 1.17 bits per heavy atom. The predicted octanol–water partition coefficient (Wildman–Crippen LogP) is 3.07. The van der Waals surface area contributed by atoms with Crippen molar-refractivity contribution >= 4 is 11.8 Å². The van der Waals surface area contributed by atoms with E-state index in [0.717, 1.165) is 44.2 Å². The number of amides is 2. The zero-order valence-electron chi connectivity index (χ0n) is 14.8. The average molecular weight is 328 g/mol. The lowest BCUT2D eigenvalue weighted by Crippen LogP contribution is -2.46. The highest BCUT2D eigenvalue weighted by Crippen LogP contribution is 2.32. The van der Waals surface area contributed by atoms with Crippen LogP contribution in [0.3, 0.4) is 0 Å². The molecule has 0 bridgehead atoms. The molecule has 4 heteroatoms. The van der Waals surface area contributed by atoms with Gasteiger partial charge in [-0.2, -0.15) is 0 Å². The molecule has 1 heterocycles. The lowest BCUT2D eigenvalue weighted by molar-refractivity contribution is -0.137. The van der Waals surface area contributed by atoms with E-state index in [9.17, 15) is 9.59 Å². The number of carbonyl (C=O) groups excluding carboxylic acids is 2. The number of likely N-dealkylation sites (tertiary alicyclic amines) is 1. The fraction of sp³-hybridized carbons (Fsp3) is 0.600. The first-order valence-electron chi connectivity index (χ1n) is 9.26. The fourth-order valence-corrected chi connectivity index (χ4v) is 3.44. The maximum absolute atomic E-state index is 12.6. The normalized spacial score (nSPS) is 22.1. The van der Waals surface area contributed by atoms with Crippen LogP contribution in [0.2, 0.25) is 0 Å². The van der Waals surface area contributed by atoms with Gasteiger partial charge in [0.25, 0.3) is 0 Å². The van der Waals surface area contributed by atoms with Gasteiger partial charge in [-0.3, -0.25) is 9.59 Å². The second-order valence-corrected chi connectivity index (χ2v) is 7.22. The summed E-state index contributed by atoms with van der Waals surface area (Å²) in [6.45, 7) is 5.56. The van der Waals surface area contributed by atoms with Crippen molar-refractivity contribution in [3.05, 3.63) is 35.4 Å². The fourth-order valence-electron chi connectivity index (χ4n) is 3.44. The summed E-state index contributed by atoms with van der Waals surface area (Å²) in [5, 5.41) is 3.13. The molecule has 1 aromatic rings. The molecule has 1 N–H and O–H groups in total. The average Bonchev–Trinajstić information content (AvgIpc) is 3.46. The zero-order chi connectivity index (χ0) is 17.1. The van der Waals surface area contributed by atoms with Crippen molar-refractivity contribution in [3.8, 4) is 0 Å². The Kier molecular flexibility index (Phi) is 5.22. The Morgan fingerprint density at radius 3 is 2.50 bits per heavy atom. The summed E-state index contributed by atoms with van der Waals surface area (Å²) < 4.78 is 0. The van der Waals surface area contributed by atoms with Crippen molar-refractivity contribution < 1.29 is 9.59 Å². The molecule has 2 amide bonds. The SMILES string of the molecule is CCc1ccc([C@H](C)NC(=O)[C@@H]2CCCN(C(=O)C3CC3)C2)cc1. The van der Waals surface area contributed by atoms with Crippen LogP contribution in [0.4, 0.5) is 0 Å². The third kappa shape index (κ3) is 3.97. The van der Waals surface area contributed by atoms with Gasteiger partial charge in [-0.25, -0.2) is 0 Å². The number of benzene rings is 1. The molecule has 2 fully saturated rings. The second kappa shape index (κ2) is 7.37. The maximum Gasteiger partial charge on any atom is 0.225 e. The number of piperidine rings is 1. The van der Waals surface area contributed by atoms with E-state index in [2.05, 4.69) is 36.5 Å². The van der Waals surface area contributed by atoms with Gasteiger partial charge in [-0.15, -0.1) is 0 Å². The lowest BCUT2D eigenvalue weighted by Gasteiger charge is -2.32. The minimum Gasteiger partial charge on any atom is -0.349 e. The van der Waals surface area contributed by atoms with Gasteiger partial charge < -0.3 is 10.2 Å². The van der Waals surface area contributed by atoms with Crippen molar-refractivity contribution in [3.63, 3.8) is 0 Å². The molecule has 2 atom stereocenters. The molecule has 1 aliphatic heterocycles. The van der Waals surface area contributed by atoms with Crippen LogP contribution in [-0.4, -0.2) is 29.8 Å². The van der Waals surface area contributed by atoms with Crippen LogP contribution in [-0.2, 0) is 16.0 Å². The van der Waals surface area contributed by atoms with Gasteiger partial charge in [-0.05, 0) is 50.2 Å². The molecular formula is C20H28N2O2. The van der Waals surface area contributed by atoms with E-state index in [-0.39, 0.29) is 29.7 Å². The first-order valence-corrected chi connectivity index (χ1v) is 9.26. The summed E-state index contributed by atoms with van der Waals surface area (Å²) in [5.41, 5.74) is 2.43. The Bertz CT molecular complexity index is 592. The van der Waals surface area contributed by atoms with Crippen LogP contribution in [0.25, 0.3) is 0 Å². The monoisotopic (exact) mass is 328 g/mol. The number of hydrogen-bond donors (Lipinski definition) is 1. The minimum absolute atomic E-state index is 0.00193. The van der Waals surface area contributed by atoms with Crippen molar-refractivity contribution in [2.75, 3.05) is 13.1 Å². The summed E-state index contributed by atoms with van der Waals surface area (Å²) in [6.07, 6.45) is 4.87. The molecule has 2 aliphatic rings. The van der Waals surface area contributed by atoms with Gasteiger partial charge >= 0.3 is 0 Å². The van der Waals surface area contributed by atoms with E-state index in [4.69, 9.17) is 0 Å². The molecule has 1 aromatic carbocycles. The third-order valence-corrected chi connectivity index (χ3v) is 5.28. The molecule has 1 saturated carbocycles. The molecule has 24 heavy (non-hydrogen) atoms. The third-order valence-electron chi connectivity index (χ3n) is 5.28. The summed E-state index contributed by atoms with van der Waals surface area (Å²) in [7, 11) is 0. The van der Waals surface area contributed by atoms with E-state index < -0.39 is 0 Å². The summed E-state index contributed by atoms with van der Waals surface area (Å²) in [5.74, 6) is 0.507. The van der Waals surface area contributed by atoms with Gasteiger partial charge in [0, 0.05) is 19.0 Å². The van der Waals surface area contributed by atoms with Crippen LogP contribution in [0.1, 0.15) is 56.7 Å². The van der Waals surface area contributed by atoms with Crippen LogP contribution in [0, 0.1) is 11.8 Å².